The molecule has 0 unspecified atom stereocenters. The number of rotatable bonds is 4. The van der Waals surface area contributed by atoms with Gasteiger partial charge in [-0.25, -0.2) is 0 Å². The average Bonchev–Trinajstić information content (AvgIpc) is 2.41. The van der Waals surface area contributed by atoms with Crippen LogP contribution in [0.25, 0.3) is 0 Å². The normalized spacial score (nSPS) is 10.3. The molecule has 0 saturated carbocycles. The lowest BCUT2D eigenvalue weighted by Gasteiger charge is -2.08. The van der Waals surface area contributed by atoms with E-state index in [4.69, 9.17) is 27.9 Å². The molecule has 0 aliphatic rings. The van der Waals surface area contributed by atoms with Crippen molar-refractivity contribution in [1.29, 1.82) is 0 Å². The van der Waals surface area contributed by atoms with Crippen molar-refractivity contribution in [2.45, 2.75) is 6.42 Å². The van der Waals surface area contributed by atoms with Gasteiger partial charge in [0.1, 0.15) is 5.75 Å². The van der Waals surface area contributed by atoms with E-state index >= 15 is 0 Å². The van der Waals surface area contributed by atoms with E-state index in [1.165, 1.54) is 0 Å². The Balaban J connectivity index is 2.26. The summed E-state index contributed by atoms with van der Waals surface area (Å²) in [4.78, 5) is 12.3. The molecule has 0 aliphatic carbocycles. The van der Waals surface area contributed by atoms with Crippen molar-refractivity contribution >= 4 is 29.0 Å². The van der Waals surface area contributed by atoms with Crippen LogP contribution in [0.15, 0.2) is 42.5 Å². The van der Waals surface area contributed by atoms with Gasteiger partial charge >= 0.3 is 0 Å². The van der Waals surface area contributed by atoms with Gasteiger partial charge < -0.3 is 4.74 Å². The number of para-hydroxylation sites is 1. The summed E-state index contributed by atoms with van der Waals surface area (Å²) in [7, 11) is 1.54. The Bertz CT molecular complexity index is 609. The summed E-state index contributed by atoms with van der Waals surface area (Å²) in [6.45, 7) is 0. The molecule has 0 aliphatic heterocycles. The molecule has 0 heterocycles. The highest BCUT2D eigenvalue weighted by Gasteiger charge is 2.13. The summed E-state index contributed by atoms with van der Waals surface area (Å²) in [6, 6.07) is 12.2. The molecule has 4 heteroatoms. The SMILES string of the molecule is COc1ccccc1C(=O)Cc1ccc(Cl)cc1Cl. The van der Waals surface area contributed by atoms with Gasteiger partial charge in [0.15, 0.2) is 5.78 Å². The predicted octanol–water partition coefficient (Wildman–Crippen LogP) is 4.43. The molecule has 2 aromatic carbocycles. The fraction of sp³-hybridized carbons (Fsp3) is 0.133. The molecule has 0 aromatic heterocycles. The van der Waals surface area contributed by atoms with E-state index in [1.807, 2.05) is 6.07 Å². The minimum absolute atomic E-state index is 0.0401. The van der Waals surface area contributed by atoms with Gasteiger partial charge in [-0.15, -0.1) is 0 Å². The van der Waals surface area contributed by atoms with Gasteiger partial charge in [-0.05, 0) is 29.8 Å². The minimum Gasteiger partial charge on any atom is -0.496 e. The lowest BCUT2D eigenvalue weighted by atomic mass is 10.0. The number of carbonyl (C=O) groups is 1. The highest BCUT2D eigenvalue weighted by atomic mass is 35.5. The Hall–Kier alpha value is -1.51. The lowest BCUT2D eigenvalue weighted by molar-refractivity contribution is 0.0990. The number of methoxy groups -OCH3 is 1. The van der Waals surface area contributed by atoms with E-state index in [9.17, 15) is 4.79 Å². The van der Waals surface area contributed by atoms with Crippen molar-refractivity contribution in [1.82, 2.24) is 0 Å². The van der Waals surface area contributed by atoms with E-state index in [1.54, 1.807) is 43.5 Å². The summed E-state index contributed by atoms with van der Waals surface area (Å²) < 4.78 is 5.18. The first-order valence-corrected chi connectivity index (χ1v) is 6.47. The van der Waals surface area contributed by atoms with Crippen molar-refractivity contribution in [2.24, 2.45) is 0 Å². The van der Waals surface area contributed by atoms with Crippen LogP contribution < -0.4 is 4.74 Å². The zero-order valence-corrected chi connectivity index (χ0v) is 11.8. The molecule has 0 amide bonds. The first kappa shape index (κ1) is 13.9. The number of hydrogen-bond acceptors (Lipinski definition) is 2. The first-order valence-electron chi connectivity index (χ1n) is 5.72. The monoisotopic (exact) mass is 294 g/mol. The Labute approximate surface area is 121 Å². The fourth-order valence-electron chi connectivity index (χ4n) is 1.81. The second-order valence-electron chi connectivity index (χ2n) is 4.04. The number of carbonyl (C=O) groups excluding carboxylic acids is 1. The number of benzene rings is 2. The van der Waals surface area contributed by atoms with Gasteiger partial charge in [0.05, 0.1) is 12.7 Å². The molecule has 0 fully saturated rings. The lowest BCUT2D eigenvalue weighted by Crippen LogP contribution is -2.06. The second-order valence-corrected chi connectivity index (χ2v) is 4.88. The molecule has 19 heavy (non-hydrogen) atoms. The third-order valence-corrected chi connectivity index (χ3v) is 3.36. The van der Waals surface area contributed by atoms with Gasteiger partial charge in [0.25, 0.3) is 0 Å². The number of ether oxygens (including phenoxy) is 1. The van der Waals surface area contributed by atoms with Crippen LogP contribution in [0.5, 0.6) is 5.75 Å². The van der Waals surface area contributed by atoms with Crippen molar-refractivity contribution in [3.05, 3.63) is 63.6 Å². The molecular formula is C15H12Cl2O2. The quantitative estimate of drug-likeness (QED) is 0.780. The number of halogens is 2. The Morgan fingerprint density at radius 2 is 1.89 bits per heavy atom. The molecule has 0 bridgehead atoms. The third kappa shape index (κ3) is 3.28. The maximum atomic E-state index is 12.3. The smallest absolute Gasteiger partial charge is 0.171 e. The van der Waals surface area contributed by atoms with Gasteiger partial charge in [-0.3, -0.25) is 4.79 Å². The van der Waals surface area contributed by atoms with Gasteiger partial charge in [-0.1, -0.05) is 41.4 Å². The van der Waals surface area contributed by atoms with E-state index in [2.05, 4.69) is 0 Å². The molecule has 0 radical (unpaired) electrons. The maximum Gasteiger partial charge on any atom is 0.171 e. The third-order valence-electron chi connectivity index (χ3n) is 2.77. The topological polar surface area (TPSA) is 26.3 Å². The fourth-order valence-corrected chi connectivity index (χ4v) is 2.28. The van der Waals surface area contributed by atoms with Gasteiger partial charge in [0.2, 0.25) is 0 Å². The molecule has 2 aromatic rings. The van der Waals surface area contributed by atoms with Crippen molar-refractivity contribution in [2.75, 3.05) is 7.11 Å². The Kier molecular flexibility index (Phi) is 4.46. The van der Waals surface area contributed by atoms with E-state index in [0.29, 0.717) is 21.4 Å². The predicted molar refractivity (Wildman–Crippen MR) is 77.5 cm³/mol. The number of ketones is 1. The molecule has 98 valence electrons. The van der Waals surface area contributed by atoms with Crippen molar-refractivity contribution in [3.63, 3.8) is 0 Å². The summed E-state index contributed by atoms with van der Waals surface area (Å²) >= 11 is 11.9. The zero-order chi connectivity index (χ0) is 13.8. The van der Waals surface area contributed by atoms with Crippen molar-refractivity contribution in [3.8, 4) is 5.75 Å². The maximum absolute atomic E-state index is 12.3. The van der Waals surface area contributed by atoms with E-state index in [-0.39, 0.29) is 12.2 Å². The minimum atomic E-state index is -0.0401. The summed E-state index contributed by atoms with van der Waals surface area (Å²) in [5.74, 6) is 0.527. The molecule has 2 nitrogen and oxygen atoms in total. The largest absolute Gasteiger partial charge is 0.496 e. The van der Waals surface area contributed by atoms with E-state index in [0.717, 1.165) is 5.56 Å². The van der Waals surface area contributed by atoms with Crippen LogP contribution in [-0.2, 0) is 6.42 Å². The Morgan fingerprint density at radius 1 is 1.16 bits per heavy atom. The van der Waals surface area contributed by atoms with Gasteiger partial charge in [0, 0.05) is 16.5 Å². The molecule has 2 rings (SSSR count). The molecule has 0 atom stereocenters. The standard InChI is InChI=1S/C15H12Cl2O2/c1-19-15-5-3-2-4-12(15)14(18)8-10-6-7-11(16)9-13(10)17/h2-7,9H,8H2,1H3. The molecule has 0 saturated heterocycles. The van der Waals surface area contributed by atoms with Crippen LogP contribution in [0.4, 0.5) is 0 Å². The summed E-state index contributed by atoms with van der Waals surface area (Å²) in [6.07, 6.45) is 0.219. The Morgan fingerprint density at radius 3 is 2.58 bits per heavy atom. The highest BCUT2D eigenvalue weighted by molar-refractivity contribution is 6.35. The van der Waals surface area contributed by atoms with Gasteiger partial charge in [-0.2, -0.15) is 0 Å². The summed E-state index contributed by atoms with van der Waals surface area (Å²) in [5.41, 5.74) is 1.30. The number of hydrogen-bond donors (Lipinski definition) is 0. The molecule has 0 spiro atoms. The first-order chi connectivity index (χ1) is 9.11. The zero-order valence-electron chi connectivity index (χ0n) is 10.3. The van der Waals surface area contributed by atoms with Crippen LogP contribution in [0.3, 0.4) is 0 Å². The van der Waals surface area contributed by atoms with Crippen LogP contribution in [0.2, 0.25) is 10.0 Å². The highest BCUT2D eigenvalue weighted by Crippen LogP contribution is 2.24. The van der Waals surface area contributed by atoms with Crippen molar-refractivity contribution < 1.29 is 9.53 Å². The summed E-state index contributed by atoms with van der Waals surface area (Å²) in [5, 5.41) is 1.05. The number of Topliss-reactive ketones (excluding diaryl/α,β-unsaturated/α-hetero) is 1. The average molecular weight is 295 g/mol. The van der Waals surface area contributed by atoms with Crippen LogP contribution >= 0.6 is 23.2 Å². The van der Waals surface area contributed by atoms with Crippen LogP contribution in [-0.4, -0.2) is 12.9 Å². The van der Waals surface area contributed by atoms with E-state index < -0.39 is 0 Å². The van der Waals surface area contributed by atoms with Crippen LogP contribution in [0, 0.1) is 0 Å². The molecule has 0 N–H and O–H groups in total. The second kappa shape index (κ2) is 6.09. The van der Waals surface area contributed by atoms with Crippen LogP contribution in [0.1, 0.15) is 15.9 Å². The molecular weight excluding hydrogens is 283 g/mol.